The number of anilines is 8. The molecule has 2 aliphatic rings. The van der Waals surface area contributed by atoms with E-state index in [9.17, 15) is 0 Å². The number of fused-ring (bicyclic) bond motifs is 2. The van der Waals surface area contributed by atoms with Crippen LogP contribution in [0.1, 0.15) is 0 Å². The molecule has 0 bridgehead atoms. The van der Waals surface area contributed by atoms with Crippen molar-refractivity contribution in [3.63, 3.8) is 0 Å². The van der Waals surface area contributed by atoms with Crippen molar-refractivity contribution in [2.45, 2.75) is 0 Å². The molecule has 2 heterocycles. The van der Waals surface area contributed by atoms with Gasteiger partial charge in [0, 0.05) is 28.2 Å². The minimum Gasteiger partial charge on any atom is -0.321 e. The number of para-hydroxylation sites is 6. The van der Waals surface area contributed by atoms with Gasteiger partial charge in [-0.1, -0.05) is 127 Å². The third-order valence-corrected chi connectivity index (χ3v) is 9.49. The van der Waals surface area contributed by atoms with E-state index < -0.39 is 0 Å². The smallest absolute Gasteiger partial charge is 0.100 e. The van der Waals surface area contributed by atoms with Crippen molar-refractivity contribution < 1.29 is 0 Å². The molecule has 0 unspecified atom stereocenters. The van der Waals surface area contributed by atoms with Gasteiger partial charge >= 0.3 is 0 Å². The molecule has 9 rings (SSSR count). The minimum absolute atomic E-state index is 0.694. The molecule has 0 radical (unpaired) electrons. The third kappa shape index (κ3) is 4.78. The lowest BCUT2D eigenvalue weighted by Crippen LogP contribution is -2.26. The maximum atomic E-state index is 2.50. The maximum Gasteiger partial charge on any atom is 0.100 e. The summed E-state index contributed by atoms with van der Waals surface area (Å²) in [6.45, 7) is 1.44. The highest BCUT2D eigenvalue weighted by Crippen LogP contribution is 2.51. The number of benzene rings is 7. The fourth-order valence-corrected chi connectivity index (χ4v) is 7.25. The summed E-state index contributed by atoms with van der Waals surface area (Å²) in [5.74, 6) is 0. The van der Waals surface area contributed by atoms with Crippen LogP contribution in [-0.2, 0) is 0 Å². The molecule has 0 amide bonds. The van der Waals surface area contributed by atoms with Gasteiger partial charge < -0.3 is 19.6 Å². The van der Waals surface area contributed by atoms with E-state index in [1.807, 2.05) is 0 Å². The summed E-state index contributed by atoms with van der Waals surface area (Å²) >= 11 is 0. The summed E-state index contributed by atoms with van der Waals surface area (Å²) in [5, 5.41) is 0. The van der Waals surface area contributed by atoms with Crippen LogP contribution in [0.25, 0.3) is 22.3 Å². The zero-order chi connectivity index (χ0) is 31.9. The quantitative estimate of drug-likeness (QED) is 0.184. The normalized spacial score (nSPS) is 13.5. The molecule has 48 heavy (non-hydrogen) atoms. The highest BCUT2D eigenvalue weighted by atomic mass is 15.4. The molecule has 0 saturated carbocycles. The first-order valence-electron chi connectivity index (χ1n) is 16.5. The molecular weight excluding hydrogens is 585 g/mol. The van der Waals surface area contributed by atoms with Crippen molar-refractivity contribution in [2.24, 2.45) is 0 Å². The van der Waals surface area contributed by atoms with Gasteiger partial charge in [-0.2, -0.15) is 0 Å². The zero-order valence-corrected chi connectivity index (χ0v) is 26.5. The van der Waals surface area contributed by atoms with Crippen LogP contribution in [-0.4, -0.2) is 13.3 Å². The van der Waals surface area contributed by atoms with Gasteiger partial charge in [-0.25, -0.2) is 0 Å². The molecule has 4 heteroatoms. The second-order valence-corrected chi connectivity index (χ2v) is 12.3. The molecule has 0 aliphatic carbocycles. The Morgan fingerprint density at radius 2 is 0.646 bits per heavy atom. The van der Waals surface area contributed by atoms with Gasteiger partial charge in [0.1, 0.15) is 13.3 Å². The van der Waals surface area contributed by atoms with Crippen molar-refractivity contribution >= 4 is 45.5 Å². The lowest BCUT2D eigenvalue weighted by atomic mass is 9.95. The third-order valence-electron chi connectivity index (χ3n) is 9.49. The van der Waals surface area contributed by atoms with Gasteiger partial charge in [-0.15, -0.1) is 0 Å². The van der Waals surface area contributed by atoms with Gasteiger partial charge in [-0.05, 0) is 65.7 Å². The first-order valence-corrected chi connectivity index (χ1v) is 16.5. The topological polar surface area (TPSA) is 13.0 Å². The Bertz CT molecular complexity index is 2160. The highest BCUT2D eigenvalue weighted by molar-refractivity contribution is 5.99. The van der Waals surface area contributed by atoms with Crippen molar-refractivity contribution in [3.05, 3.63) is 182 Å². The molecular formula is C44H34N4. The Morgan fingerprint density at radius 3 is 1.15 bits per heavy atom. The molecule has 0 fully saturated rings. The Kier molecular flexibility index (Phi) is 6.90. The van der Waals surface area contributed by atoms with Crippen LogP contribution in [0, 0.1) is 0 Å². The van der Waals surface area contributed by atoms with Crippen molar-refractivity contribution in [3.8, 4) is 22.3 Å². The summed E-state index contributed by atoms with van der Waals surface area (Å²) in [6.07, 6.45) is 0. The predicted molar refractivity (Wildman–Crippen MR) is 201 cm³/mol. The summed E-state index contributed by atoms with van der Waals surface area (Å²) in [7, 11) is 0. The molecule has 0 aromatic heterocycles. The summed E-state index contributed by atoms with van der Waals surface area (Å²) in [6, 6.07) is 65.4. The standard InChI is InChI=1S/C44H34N4/c1-4-16-33(17-5-1)38-24-15-25-39(34-18-6-2-7-19-34)44(38)48-32-47(42-28-12-13-29-43(42)48)37-23-14-22-36(30-37)46-31-45(35-20-8-3-9-21-35)40-26-10-11-27-41(40)46/h1-30H,31-32H2. The van der Waals surface area contributed by atoms with E-state index in [1.54, 1.807) is 0 Å². The largest absolute Gasteiger partial charge is 0.321 e. The molecule has 0 N–H and O–H groups in total. The van der Waals surface area contributed by atoms with Crippen LogP contribution in [0.5, 0.6) is 0 Å². The van der Waals surface area contributed by atoms with Gasteiger partial charge in [-0.3, -0.25) is 0 Å². The average molecular weight is 619 g/mol. The minimum atomic E-state index is 0.694. The monoisotopic (exact) mass is 618 g/mol. The van der Waals surface area contributed by atoms with Crippen LogP contribution in [0.4, 0.5) is 45.5 Å². The van der Waals surface area contributed by atoms with Crippen LogP contribution >= 0.6 is 0 Å². The first kappa shape index (κ1) is 28.0. The lowest BCUT2D eigenvalue weighted by molar-refractivity contribution is 0.979. The van der Waals surface area contributed by atoms with Crippen LogP contribution < -0.4 is 19.6 Å². The van der Waals surface area contributed by atoms with Gasteiger partial charge in [0.05, 0.1) is 28.4 Å². The van der Waals surface area contributed by atoms with E-state index in [2.05, 4.69) is 202 Å². The van der Waals surface area contributed by atoms with E-state index in [1.165, 1.54) is 62.1 Å². The number of hydrogen-bond acceptors (Lipinski definition) is 4. The average Bonchev–Trinajstić information content (AvgIpc) is 3.75. The van der Waals surface area contributed by atoms with Crippen molar-refractivity contribution in [1.82, 2.24) is 0 Å². The van der Waals surface area contributed by atoms with Crippen LogP contribution in [0.2, 0.25) is 0 Å². The fraction of sp³-hybridized carbons (Fsp3) is 0.0455. The van der Waals surface area contributed by atoms with Gasteiger partial charge in [0.2, 0.25) is 0 Å². The van der Waals surface area contributed by atoms with E-state index in [-0.39, 0.29) is 0 Å². The van der Waals surface area contributed by atoms with Crippen LogP contribution in [0.15, 0.2) is 182 Å². The van der Waals surface area contributed by atoms with E-state index >= 15 is 0 Å². The van der Waals surface area contributed by atoms with Crippen molar-refractivity contribution in [2.75, 3.05) is 32.9 Å². The molecule has 0 spiro atoms. The molecule has 7 aromatic rings. The van der Waals surface area contributed by atoms with E-state index in [0.29, 0.717) is 6.67 Å². The second kappa shape index (κ2) is 11.8. The molecule has 0 atom stereocenters. The molecule has 230 valence electrons. The Morgan fingerprint density at radius 1 is 0.292 bits per heavy atom. The van der Waals surface area contributed by atoms with Crippen molar-refractivity contribution in [1.29, 1.82) is 0 Å². The number of hydrogen-bond donors (Lipinski definition) is 0. The Balaban J connectivity index is 1.14. The van der Waals surface area contributed by atoms with Gasteiger partial charge in [0.25, 0.3) is 0 Å². The fourth-order valence-electron chi connectivity index (χ4n) is 7.25. The predicted octanol–water partition coefficient (Wildman–Crippen LogP) is 11.5. The highest BCUT2D eigenvalue weighted by Gasteiger charge is 2.32. The summed E-state index contributed by atoms with van der Waals surface area (Å²) in [5.41, 5.74) is 14.4. The summed E-state index contributed by atoms with van der Waals surface area (Å²) < 4.78 is 0. The van der Waals surface area contributed by atoms with Gasteiger partial charge in [0.15, 0.2) is 0 Å². The lowest BCUT2D eigenvalue weighted by Gasteiger charge is -2.28. The molecule has 0 saturated heterocycles. The number of nitrogens with zero attached hydrogens (tertiary/aromatic N) is 4. The Hall–Kier alpha value is -6.26. The second-order valence-electron chi connectivity index (χ2n) is 12.3. The summed E-state index contributed by atoms with van der Waals surface area (Å²) in [4.78, 5) is 9.76. The number of rotatable bonds is 6. The zero-order valence-electron chi connectivity index (χ0n) is 26.5. The maximum absolute atomic E-state index is 2.50. The molecule has 2 aliphatic heterocycles. The van der Waals surface area contributed by atoms with Crippen LogP contribution in [0.3, 0.4) is 0 Å². The van der Waals surface area contributed by atoms with E-state index in [0.717, 1.165) is 12.4 Å². The van der Waals surface area contributed by atoms with E-state index in [4.69, 9.17) is 0 Å². The Labute approximate surface area is 282 Å². The molecule has 4 nitrogen and oxygen atoms in total. The SMILES string of the molecule is c1ccc(-c2cccc(-c3ccccc3)c2N2CN(c3cccc(N4CN(c5ccccc5)c5ccccc54)c3)c3ccccc32)cc1. The first-order chi connectivity index (χ1) is 23.8. The molecule has 7 aromatic carbocycles.